The third-order valence-electron chi connectivity index (χ3n) is 3.52. The van der Waals surface area contributed by atoms with Crippen LogP contribution in [0.1, 0.15) is 21.7 Å². The van der Waals surface area contributed by atoms with Crippen LogP contribution in [0.2, 0.25) is 0 Å². The molecule has 0 atom stereocenters. The van der Waals surface area contributed by atoms with Crippen molar-refractivity contribution in [3.8, 4) is 0 Å². The predicted octanol–water partition coefficient (Wildman–Crippen LogP) is 3.84. The van der Waals surface area contributed by atoms with E-state index in [0.717, 1.165) is 30.3 Å². The van der Waals surface area contributed by atoms with E-state index in [0.29, 0.717) is 10.9 Å². The maximum atomic E-state index is 12.5. The monoisotopic (exact) mass is 344 g/mol. The Balaban J connectivity index is 1.84. The Morgan fingerprint density at radius 2 is 1.72 bits per heavy atom. The lowest BCUT2D eigenvalue weighted by atomic mass is 10.1. The van der Waals surface area contributed by atoms with Crippen molar-refractivity contribution < 1.29 is 18.0 Å². The van der Waals surface area contributed by atoms with Crippen LogP contribution in [0.5, 0.6) is 0 Å². The molecule has 0 aliphatic carbocycles. The number of benzene rings is 2. The van der Waals surface area contributed by atoms with Gasteiger partial charge in [0, 0.05) is 5.56 Å². The quantitative estimate of drug-likeness (QED) is 0.580. The highest BCUT2D eigenvalue weighted by atomic mass is 19.4. The van der Waals surface area contributed by atoms with E-state index in [1.165, 1.54) is 6.08 Å². The summed E-state index contributed by atoms with van der Waals surface area (Å²) < 4.78 is 37.5. The number of para-hydroxylation sites is 1. The Kier molecular flexibility index (Phi) is 4.22. The van der Waals surface area contributed by atoms with Crippen LogP contribution in [0.4, 0.5) is 13.2 Å². The molecule has 7 heteroatoms. The maximum absolute atomic E-state index is 12.5. The highest BCUT2D eigenvalue weighted by Gasteiger charge is 2.30. The first-order valence-corrected chi connectivity index (χ1v) is 7.23. The lowest BCUT2D eigenvalue weighted by molar-refractivity contribution is -0.137. The van der Waals surface area contributed by atoms with Crippen LogP contribution < -0.4 is 5.56 Å². The fourth-order valence-corrected chi connectivity index (χ4v) is 2.26. The summed E-state index contributed by atoms with van der Waals surface area (Å²) in [7, 11) is 0. The van der Waals surface area contributed by atoms with Gasteiger partial charge in [-0.1, -0.05) is 24.3 Å². The number of nitrogens with one attached hydrogen (secondary N) is 1. The number of nitrogens with zero attached hydrogens (tertiary/aromatic N) is 1. The van der Waals surface area contributed by atoms with Gasteiger partial charge < -0.3 is 4.98 Å². The van der Waals surface area contributed by atoms with E-state index in [-0.39, 0.29) is 16.9 Å². The van der Waals surface area contributed by atoms with E-state index >= 15 is 0 Å². The molecule has 0 unspecified atom stereocenters. The van der Waals surface area contributed by atoms with Gasteiger partial charge in [0.05, 0.1) is 16.5 Å². The van der Waals surface area contributed by atoms with E-state index < -0.39 is 17.5 Å². The second kappa shape index (κ2) is 6.35. The lowest BCUT2D eigenvalue weighted by Gasteiger charge is -2.06. The van der Waals surface area contributed by atoms with Gasteiger partial charge in [0.15, 0.2) is 5.78 Å². The second-order valence-corrected chi connectivity index (χ2v) is 5.24. The van der Waals surface area contributed by atoms with Crippen LogP contribution in [0.3, 0.4) is 0 Å². The highest BCUT2D eigenvalue weighted by Crippen LogP contribution is 2.29. The van der Waals surface area contributed by atoms with E-state index in [4.69, 9.17) is 0 Å². The number of halogens is 3. The van der Waals surface area contributed by atoms with Gasteiger partial charge in [-0.15, -0.1) is 0 Å². The van der Waals surface area contributed by atoms with Gasteiger partial charge in [0.25, 0.3) is 5.56 Å². The van der Waals surface area contributed by atoms with Crippen molar-refractivity contribution in [3.63, 3.8) is 0 Å². The summed E-state index contributed by atoms with van der Waals surface area (Å²) in [4.78, 5) is 30.7. The van der Waals surface area contributed by atoms with Gasteiger partial charge in [0.2, 0.25) is 0 Å². The number of rotatable bonds is 3. The third-order valence-corrected chi connectivity index (χ3v) is 3.52. The predicted molar refractivity (Wildman–Crippen MR) is 87.2 cm³/mol. The third kappa shape index (κ3) is 3.65. The number of carbonyl (C=O) groups is 1. The first-order valence-electron chi connectivity index (χ1n) is 7.23. The van der Waals surface area contributed by atoms with Crippen molar-refractivity contribution in [2.45, 2.75) is 6.18 Å². The fourth-order valence-electron chi connectivity index (χ4n) is 2.26. The molecule has 1 heterocycles. The number of fused-ring (bicyclic) bond motifs is 1. The van der Waals surface area contributed by atoms with Crippen LogP contribution in [-0.4, -0.2) is 15.8 Å². The molecule has 0 radical (unpaired) electrons. The zero-order chi connectivity index (χ0) is 18.0. The minimum Gasteiger partial charge on any atom is -0.306 e. The summed E-state index contributed by atoms with van der Waals surface area (Å²) in [6.45, 7) is 0. The zero-order valence-electron chi connectivity index (χ0n) is 12.7. The van der Waals surface area contributed by atoms with Crippen LogP contribution in [0.15, 0.2) is 59.4 Å². The lowest BCUT2D eigenvalue weighted by Crippen LogP contribution is -2.09. The minimum absolute atomic E-state index is 0.104. The summed E-state index contributed by atoms with van der Waals surface area (Å²) in [5.74, 6) is -0.312. The molecule has 0 amide bonds. The Labute approximate surface area is 139 Å². The molecule has 3 rings (SSSR count). The number of ketones is 1. The van der Waals surface area contributed by atoms with E-state index in [9.17, 15) is 22.8 Å². The van der Waals surface area contributed by atoms with Gasteiger partial charge in [-0.05, 0) is 36.4 Å². The summed E-state index contributed by atoms with van der Waals surface area (Å²) in [5, 5.41) is 0.425. The number of allylic oxidation sites excluding steroid dienone is 1. The minimum atomic E-state index is -4.45. The number of carbonyl (C=O) groups excluding carboxylic acids is 1. The normalized spacial score (nSPS) is 12.0. The topological polar surface area (TPSA) is 62.8 Å². The van der Waals surface area contributed by atoms with E-state index in [2.05, 4.69) is 9.97 Å². The van der Waals surface area contributed by atoms with Crippen LogP contribution >= 0.6 is 0 Å². The van der Waals surface area contributed by atoms with Crippen molar-refractivity contribution in [1.82, 2.24) is 9.97 Å². The molecule has 3 aromatic rings. The summed E-state index contributed by atoms with van der Waals surface area (Å²) >= 11 is 0. The summed E-state index contributed by atoms with van der Waals surface area (Å²) in [6, 6.07) is 10.6. The van der Waals surface area contributed by atoms with Crippen molar-refractivity contribution >= 4 is 22.8 Å². The van der Waals surface area contributed by atoms with Crippen molar-refractivity contribution in [2.75, 3.05) is 0 Å². The number of hydrogen-bond donors (Lipinski definition) is 1. The Morgan fingerprint density at radius 3 is 2.40 bits per heavy atom. The highest BCUT2D eigenvalue weighted by molar-refractivity contribution is 6.06. The maximum Gasteiger partial charge on any atom is 0.416 e. The van der Waals surface area contributed by atoms with Gasteiger partial charge >= 0.3 is 6.18 Å². The summed E-state index contributed by atoms with van der Waals surface area (Å²) in [6.07, 6.45) is -1.99. The molecular weight excluding hydrogens is 333 g/mol. The van der Waals surface area contributed by atoms with Crippen molar-refractivity contribution in [3.05, 3.63) is 81.9 Å². The number of hydrogen-bond acceptors (Lipinski definition) is 3. The number of H-pyrrole nitrogens is 1. The zero-order valence-corrected chi connectivity index (χ0v) is 12.7. The summed E-state index contributed by atoms with van der Waals surface area (Å²) in [5.41, 5.74) is -0.582. The van der Waals surface area contributed by atoms with E-state index in [1.54, 1.807) is 24.3 Å². The second-order valence-electron chi connectivity index (χ2n) is 5.24. The fraction of sp³-hybridized carbons (Fsp3) is 0.0556. The molecule has 0 aliphatic heterocycles. The number of aromatic amines is 1. The van der Waals surface area contributed by atoms with Crippen molar-refractivity contribution in [1.29, 1.82) is 0 Å². The molecule has 2 aromatic carbocycles. The average molecular weight is 344 g/mol. The first kappa shape index (κ1) is 16.6. The Morgan fingerprint density at radius 1 is 1.04 bits per heavy atom. The molecule has 0 spiro atoms. The molecular formula is C18H11F3N2O2. The van der Waals surface area contributed by atoms with Gasteiger partial charge in [-0.3, -0.25) is 9.59 Å². The van der Waals surface area contributed by atoms with Crippen LogP contribution in [-0.2, 0) is 6.18 Å². The Hall–Kier alpha value is -3.22. The molecule has 0 aliphatic rings. The Bertz CT molecular complexity index is 1020. The smallest absolute Gasteiger partial charge is 0.306 e. The molecule has 0 fully saturated rings. The molecule has 1 N–H and O–H groups in total. The van der Waals surface area contributed by atoms with Gasteiger partial charge in [-0.2, -0.15) is 13.2 Å². The van der Waals surface area contributed by atoms with E-state index in [1.807, 2.05) is 0 Å². The molecule has 1 aromatic heterocycles. The standard InChI is InChI=1S/C18H11F3N2O2/c19-18(20,21)12-7-5-11(6-8-12)15(24)9-10-16-22-14-4-2-1-3-13(14)17(25)23-16/h1-10H,(H,22,23,25)/b10-9+. The van der Waals surface area contributed by atoms with Crippen LogP contribution in [0.25, 0.3) is 17.0 Å². The average Bonchev–Trinajstić information content (AvgIpc) is 2.59. The molecule has 25 heavy (non-hydrogen) atoms. The van der Waals surface area contributed by atoms with Crippen LogP contribution in [0, 0.1) is 0 Å². The number of alkyl halides is 3. The molecule has 0 bridgehead atoms. The molecule has 4 nitrogen and oxygen atoms in total. The molecule has 0 saturated heterocycles. The molecule has 0 saturated carbocycles. The van der Waals surface area contributed by atoms with Crippen molar-refractivity contribution in [2.24, 2.45) is 0 Å². The largest absolute Gasteiger partial charge is 0.416 e. The molecule has 126 valence electrons. The SMILES string of the molecule is O=C(/C=C/c1nc2ccccc2c(=O)[nH]1)c1ccc(C(F)(F)F)cc1. The number of aromatic nitrogens is 2. The van der Waals surface area contributed by atoms with Gasteiger partial charge in [0.1, 0.15) is 5.82 Å². The first-order chi connectivity index (χ1) is 11.8. The van der Waals surface area contributed by atoms with Gasteiger partial charge in [-0.25, -0.2) is 4.98 Å².